The number of nitrogens with zero attached hydrogens (tertiary/aromatic N) is 6. The summed E-state index contributed by atoms with van der Waals surface area (Å²) in [7, 11) is 0. The minimum Gasteiger partial charge on any atom is -0.429 e. The van der Waals surface area contributed by atoms with Crippen LogP contribution in [0.4, 0.5) is 40.7 Å². The molecular formula is C27H26F4N8O4. The van der Waals surface area contributed by atoms with Gasteiger partial charge in [-0.25, -0.2) is 14.2 Å². The number of alkyl halides is 3. The number of aromatic nitrogens is 6. The van der Waals surface area contributed by atoms with Crippen LogP contribution in [0.3, 0.4) is 0 Å². The molecule has 1 unspecified atom stereocenters. The molecule has 0 fully saturated rings. The van der Waals surface area contributed by atoms with E-state index in [0.29, 0.717) is 35.6 Å². The minimum atomic E-state index is -5.22. The average molecular weight is 603 g/mol. The van der Waals surface area contributed by atoms with Crippen LogP contribution in [0.15, 0.2) is 48.8 Å². The van der Waals surface area contributed by atoms with Gasteiger partial charge in [-0.2, -0.15) is 28.4 Å². The summed E-state index contributed by atoms with van der Waals surface area (Å²) < 4.78 is 59.2. The third-order valence-corrected chi connectivity index (χ3v) is 6.47. The van der Waals surface area contributed by atoms with Crippen LogP contribution < -0.4 is 10.6 Å². The lowest BCUT2D eigenvalue weighted by atomic mass is 10.2. The Morgan fingerprint density at radius 2 is 1.88 bits per heavy atom. The van der Waals surface area contributed by atoms with Gasteiger partial charge in [0.1, 0.15) is 0 Å². The van der Waals surface area contributed by atoms with E-state index in [9.17, 15) is 27.5 Å². The number of aliphatic hydroxyl groups is 2. The number of anilines is 4. The van der Waals surface area contributed by atoms with E-state index in [4.69, 9.17) is 5.11 Å². The highest BCUT2D eigenvalue weighted by molar-refractivity contribution is 5.93. The van der Waals surface area contributed by atoms with Gasteiger partial charge in [0.15, 0.2) is 11.6 Å². The summed E-state index contributed by atoms with van der Waals surface area (Å²) in [5.41, 5.74) is 3.07. The number of aliphatic hydroxyl groups excluding tert-OH is 2. The molecule has 5 rings (SSSR count). The molecule has 0 spiro atoms. The number of halogens is 4. The Balaban J connectivity index is 1.33. The Bertz CT molecular complexity index is 1770. The standard InChI is InChI=1S/C27H26F4N8O4/c1-15-17-7-6-16(12-22(17)39(37-15)10-8-23(41)43-25(42)27(29,30)31)34-26-32-14-19(28)24(36-26)35-20-4-2-5-21-18(20)13-33-38(21)9-3-11-40/h2,4-7,12-14,23,40-41H,3,8-11H2,1H3,(H2,32,34,35,36). The maximum absolute atomic E-state index is 14.7. The molecule has 0 amide bonds. The van der Waals surface area contributed by atoms with Crippen LogP contribution in [0, 0.1) is 12.7 Å². The van der Waals surface area contributed by atoms with Crippen molar-refractivity contribution in [2.75, 3.05) is 17.2 Å². The van der Waals surface area contributed by atoms with E-state index in [-0.39, 0.29) is 31.3 Å². The molecule has 3 aromatic heterocycles. The lowest BCUT2D eigenvalue weighted by molar-refractivity contribution is -0.220. The number of carbonyl (C=O) groups excluding carboxylic acids is 1. The van der Waals surface area contributed by atoms with Crippen molar-refractivity contribution >= 4 is 50.9 Å². The predicted molar refractivity (Wildman–Crippen MR) is 147 cm³/mol. The molecular weight excluding hydrogens is 576 g/mol. The molecule has 0 saturated carbocycles. The van der Waals surface area contributed by atoms with Crippen LogP contribution in [-0.2, 0) is 22.6 Å². The maximum atomic E-state index is 14.7. The SMILES string of the molecule is Cc1nn(CCC(O)OC(=O)C(F)(F)F)c2cc(Nc3ncc(F)c(Nc4cccc5c4cnn5CCCO)n3)ccc12. The van der Waals surface area contributed by atoms with Crippen molar-refractivity contribution in [1.29, 1.82) is 0 Å². The van der Waals surface area contributed by atoms with Gasteiger partial charge in [-0.1, -0.05) is 6.07 Å². The Labute approximate surface area is 240 Å². The number of rotatable bonds is 11. The van der Waals surface area contributed by atoms with E-state index in [1.165, 1.54) is 4.68 Å². The molecule has 0 aliphatic heterocycles. The molecule has 226 valence electrons. The van der Waals surface area contributed by atoms with E-state index in [2.05, 4.69) is 35.5 Å². The normalized spacial score (nSPS) is 12.5. The van der Waals surface area contributed by atoms with Gasteiger partial charge in [0.25, 0.3) is 0 Å². The van der Waals surface area contributed by atoms with Gasteiger partial charge in [-0.05, 0) is 43.7 Å². The van der Waals surface area contributed by atoms with Crippen molar-refractivity contribution < 1.29 is 37.3 Å². The zero-order valence-electron chi connectivity index (χ0n) is 22.6. The molecule has 0 saturated heterocycles. The number of carbonyl (C=O) groups is 1. The van der Waals surface area contributed by atoms with Crippen LogP contribution in [-0.4, -0.2) is 64.8 Å². The van der Waals surface area contributed by atoms with Crippen molar-refractivity contribution in [3.8, 4) is 0 Å². The third-order valence-electron chi connectivity index (χ3n) is 6.47. The molecule has 0 aliphatic rings. The first kappa shape index (κ1) is 29.7. The molecule has 2 aromatic carbocycles. The summed E-state index contributed by atoms with van der Waals surface area (Å²) in [5.74, 6) is -3.18. The van der Waals surface area contributed by atoms with Gasteiger partial charge in [0.2, 0.25) is 12.2 Å². The first-order valence-corrected chi connectivity index (χ1v) is 13.1. The summed E-state index contributed by atoms with van der Waals surface area (Å²) >= 11 is 0. The molecule has 43 heavy (non-hydrogen) atoms. The third kappa shape index (κ3) is 6.65. The monoisotopic (exact) mass is 602 g/mol. The molecule has 16 heteroatoms. The lowest BCUT2D eigenvalue weighted by Crippen LogP contribution is -2.30. The summed E-state index contributed by atoms with van der Waals surface area (Å²) in [6, 6.07) is 10.6. The highest BCUT2D eigenvalue weighted by atomic mass is 19.4. The summed E-state index contributed by atoms with van der Waals surface area (Å²) in [6.45, 7) is 2.24. The van der Waals surface area contributed by atoms with Gasteiger partial charge in [-0.15, -0.1) is 0 Å². The van der Waals surface area contributed by atoms with Crippen LogP contribution in [0.5, 0.6) is 0 Å². The Morgan fingerprint density at radius 1 is 1.07 bits per heavy atom. The average Bonchev–Trinajstić information content (AvgIpc) is 3.52. The molecule has 12 nitrogen and oxygen atoms in total. The fourth-order valence-electron chi connectivity index (χ4n) is 4.45. The number of aryl methyl sites for hydroxylation is 3. The number of hydrogen-bond acceptors (Lipinski definition) is 10. The fourth-order valence-corrected chi connectivity index (χ4v) is 4.45. The van der Waals surface area contributed by atoms with Gasteiger partial charge >= 0.3 is 12.1 Å². The Morgan fingerprint density at radius 3 is 2.65 bits per heavy atom. The first-order valence-electron chi connectivity index (χ1n) is 13.1. The maximum Gasteiger partial charge on any atom is 0.491 e. The van der Waals surface area contributed by atoms with Crippen molar-refractivity contribution in [2.45, 2.75) is 45.3 Å². The van der Waals surface area contributed by atoms with Crippen LogP contribution in [0.1, 0.15) is 18.5 Å². The summed E-state index contributed by atoms with van der Waals surface area (Å²) in [6.07, 6.45) is -4.33. The Kier molecular flexibility index (Phi) is 8.40. The zero-order chi connectivity index (χ0) is 30.7. The molecule has 0 aliphatic carbocycles. The molecule has 1 atom stereocenters. The summed E-state index contributed by atoms with van der Waals surface area (Å²) in [5, 5.41) is 35.1. The largest absolute Gasteiger partial charge is 0.491 e. The topological polar surface area (TPSA) is 152 Å². The molecule has 5 aromatic rings. The van der Waals surface area contributed by atoms with Crippen molar-refractivity contribution in [2.24, 2.45) is 0 Å². The van der Waals surface area contributed by atoms with E-state index >= 15 is 0 Å². The summed E-state index contributed by atoms with van der Waals surface area (Å²) in [4.78, 5) is 19.3. The second-order valence-corrected chi connectivity index (χ2v) is 9.51. The highest BCUT2D eigenvalue weighted by Crippen LogP contribution is 2.29. The highest BCUT2D eigenvalue weighted by Gasteiger charge is 2.42. The second kappa shape index (κ2) is 12.2. The van der Waals surface area contributed by atoms with Crippen LogP contribution >= 0.6 is 0 Å². The van der Waals surface area contributed by atoms with Crippen molar-refractivity contribution in [1.82, 2.24) is 29.5 Å². The number of fused-ring (bicyclic) bond motifs is 2. The minimum absolute atomic E-state index is 0.0295. The fraction of sp³-hybridized carbons (Fsp3) is 0.296. The number of esters is 1. The van der Waals surface area contributed by atoms with E-state index in [1.54, 1.807) is 48.1 Å². The van der Waals surface area contributed by atoms with Gasteiger partial charge in [0.05, 0.1) is 34.8 Å². The zero-order valence-corrected chi connectivity index (χ0v) is 22.6. The molecule has 4 N–H and O–H groups in total. The van der Waals surface area contributed by atoms with Crippen LogP contribution in [0.25, 0.3) is 21.8 Å². The lowest BCUT2D eigenvalue weighted by Gasteiger charge is -2.14. The molecule has 0 radical (unpaired) electrons. The number of ether oxygens (including phenoxy) is 1. The number of nitrogens with one attached hydrogen (secondary N) is 2. The van der Waals surface area contributed by atoms with Gasteiger partial charge < -0.3 is 25.6 Å². The van der Waals surface area contributed by atoms with Gasteiger partial charge in [-0.3, -0.25) is 9.36 Å². The van der Waals surface area contributed by atoms with E-state index < -0.39 is 24.3 Å². The molecule has 3 heterocycles. The second-order valence-electron chi connectivity index (χ2n) is 9.51. The first-order chi connectivity index (χ1) is 20.5. The predicted octanol–water partition coefficient (Wildman–Crippen LogP) is 4.31. The number of hydrogen-bond donors (Lipinski definition) is 4. The van der Waals surface area contributed by atoms with Crippen LogP contribution in [0.2, 0.25) is 0 Å². The van der Waals surface area contributed by atoms with E-state index in [1.807, 2.05) is 6.07 Å². The number of benzene rings is 2. The van der Waals surface area contributed by atoms with Crippen molar-refractivity contribution in [3.05, 3.63) is 60.3 Å². The Hall–Kier alpha value is -4.83. The molecule has 0 bridgehead atoms. The van der Waals surface area contributed by atoms with Crippen molar-refractivity contribution in [3.63, 3.8) is 0 Å². The quantitative estimate of drug-likeness (QED) is 0.0978. The van der Waals surface area contributed by atoms with Gasteiger partial charge in [0, 0.05) is 42.6 Å². The van der Waals surface area contributed by atoms with E-state index in [0.717, 1.165) is 22.5 Å². The smallest absolute Gasteiger partial charge is 0.429 e.